The highest BCUT2D eigenvalue weighted by molar-refractivity contribution is 6.04. The third-order valence-corrected chi connectivity index (χ3v) is 7.15. The summed E-state index contributed by atoms with van der Waals surface area (Å²) in [5.74, 6) is 1.06. The zero-order valence-electron chi connectivity index (χ0n) is 14.1. The molecule has 0 aromatic heterocycles. The molecular weight excluding hydrogens is 288 g/mol. The smallest absolute Gasteiger partial charge is 0.159 e. The Morgan fingerprint density at radius 2 is 2.09 bits per heavy atom. The van der Waals surface area contributed by atoms with Gasteiger partial charge in [0.25, 0.3) is 0 Å². The van der Waals surface area contributed by atoms with Crippen molar-refractivity contribution < 1.29 is 14.7 Å². The summed E-state index contributed by atoms with van der Waals surface area (Å²) in [6.07, 6.45) is 8.06. The van der Waals surface area contributed by atoms with Gasteiger partial charge in [-0.25, -0.2) is 0 Å². The molecule has 4 rings (SSSR count). The average molecular weight is 314 g/mol. The SMILES string of the molecule is CC(=O)[C@H]1CCC2=C1C(=O)C[C@H]1[C@H]2CC=C2C[C@@H](O)CC[C@@]21C. The van der Waals surface area contributed by atoms with Crippen LogP contribution in [0.15, 0.2) is 22.8 Å². The van der Waals surface area contributed by atoms with Crippen LogP contribution in [-0.2, 0) is 9.59 Å². The van der Waals surface area contributed by atoms with Crippen molar-refractivity contribution in [1.29, 1.82) is 0 Å². The molecule has 0 unspecified atom stereocenters. The van der Waals surface area contributed by atoms with Gasteiger partial charge in [-0.3, -0.25) is 9.59 Å². The number of aliphatic hydroxyl groups excluding tert-OH is 1. The lowest BCUT2D eigenvalue weighted by molar-refractivity contribution is -0.124. The molecule has 0 aromatic carbocycles. The average Bonchev–Trinajstić information content (AvgIpc) is 2.95. The van der Waals surface area contributed by atoms with Crippen LogP contribution in [0.3, 0.4) is 0 Å². The van der Waals surface area contributed by atoms with E-state index < -0.39 is 0 Å². The minimum atomic E-state index is -0.214. The van der Waals surface area contributed by atoms with Gasteiger partial charge in [-0.2, -0.15) is 0 Å². The highest BCUT2D eigenvalue weighted by Gasteiger charge is 2.52. The van der Waals surface area contributed by atoms with Crippen molar-refractivity contribution in [2.75, 3.05) is 0 Å². The molecule has 0 radical (unpaired) electrons. The standard InChI is InChI=1S/C20H26O3/c1-11(21)14-5-6-16-15-4-3-12-9-13(22)7-8-20(12,2)17(15)10-18(23)19(14)16/h3,13-15,17,22H,4-10H2,1-2H3/t13-,14+,15-,17-,20-/m0/s1. The Morgan fingerprint density at radius 3 is 2.83 bits per heavy atom. The first kappa shape index (κ1) is 15.3. The number of hydrogen-bond acceptors (Lipinski definition) is 3. The molecule has 23 heavy (non-hydrogen) atoms. The topological polar surface area (TPSA) is 54.4 Å². The molecule has 0 aromatic rings. The molecule has 0 spiro atoms. The lowest BCUT2D eigenvalue weighted by Gasteiger charge is -2.52. The van der Waals surface area contributed by atoms with E-state index in [9.17, 15) is 14.7 Å². The summed E-state index contributed by atoms with van der Waals surface area (Å²) in [6.45, 7) is 3.93. The van der Waals surface area contributed by atoms with Crippen LogP contribution in [0.4, 0.5) is 0 Å². The number of carbonyl (C=O) groups excluding carboxylic acids is 2. The van der Waals surface area contributed by atoms with Gasteiger partial charge in [-0.1, -0.05) is 24.1 Å². The van der Waals surface area contributed by atoms with Crippen LogP contribution in [0, 0.1) is 23.2 Å². The quantitative estimate of drug-likeness (QED) is 0.755. The Hall–Kier alpha value is -1.22. The van der Waals surface area contributed by atoms with Crippen molar-refractivity contribution in [3.05, 3.63) is 22.8 Å². The van der Waals surface area contributed by atoms with E-state index in [0.29, 0.717) is 18.3 Å². The van der Waals surface area contributed by atoms with Crippen LogP contribution in [-0.4, -0.2) is 22.8 Å². The Bertz CT molecular complexity index is 641. The van der Waals surface area contributed by atoms with Gasteiger partial charge in [0.05, 0.1) is 6.10 Å². The van der Waals surface area contributed by atoms with Crippen molar-refractivity contribution in [2.24, 2.45) is 23.2 Å². The van der Waals surface area contributed by atoms with Crippen LogP contribution < -0.4 is 0 Å². The number of rotatable bonds is 1. The molecule has 5 atom stereocenters. The van der Waals surface area contributed by atoms with E-state index in [-0.39, 0.29) is 29.0 Å². The molecule has 4 aliphatic carbocycles. The van der Waals surface area contributed by atoms with Gasteiger partial charge >= 0.3 is 0 Å². The Kier molecular flexibility index (Phi) is 3.42. The first-order valence-corrected chi connectivity index (χ1v) is 9.06. The number of aliphatic hydroxyl groups is 1. The second-order valence-corrected chi connectivity index (χ2v) is 8.26. The fourth-order valence-electron chi connectivity index (χ4n) is 5.86. The molecule has 1 fully saturated rings. The van der Waals surface area contributed by atoms with Crippen LogP contribution in [0.1, 0.15) is 58.8 Å². The van der Waals surface area contributed by atoms with Gasteiger partial charge in [-0.15, -0.1) is 0 Å². The van der Waals surface area contributed by atoms with Crippen LogP contribution in [0.2, 0.25) is 0 Å². The highest BCUT2D eigenvalue weighted by atomic mass is 16.3. The molecule has 0 bridgehead atoms. The molecule has 1 N–H and O–H groups in total. The van der Waals surface area contributed by atoms with Gasteiger partial charge < -0.3 is 5.11 Å². The van der Waals surface area contributed by atoms with Crippen LogP contribution >= 0.6 is 0 Å². The van der Waals surface area contributed by atoms with Gasteiger partial charge in [0.1, 0.15) is 5.78 Å². The Morgan fingerprint density at radius 1 is 1.30 bits per heavy atom. The summed E-state index contributed by atoms with van der Waals surface area (Å²) >= 11 is 0. The molecule has 0 saturated heterocycles. The molecule has 0 amide bonds. The van der Waals surface area contributed by atoms with E-state index in [4.69, 9.17) is 0 Å². The first-order valence-electron chi connectivity index (χ1n) is 9.06. The molecule has 3 nitrogen and oxygen atoms in total. The van der Waals surface area contributed by atoms with Crippen molar-refractivity contribution in [2.45, 2.75) is 64.9 Å². The van der Waals surface area contributed by atoms with E-state index in [1.54, 1.807) is 6.92 Å². The second-order valence-electron chi connectivity index (χ2n) is 8.26. The molecule has 1 saturated carbocycles. The van der Waals surface area contributed by atoms with E-state index >= 15 is 0 Å². The van der Waals surface area contributed by atoms with E-state index in [1.807, 2.05) is 0 Å². The van der Waals surface area contributed by atoms with Gasteiger partial charge in [0, 0.05) is 17.9 Å². The van der Waals surface area contributed by atoms with Crippen molar-refractivity contribution in [1.82, 2.24) is 0 Å². The zero-order chi connectivity index (χ0) is 16.4. The number of hydrogen-bond donors (Lipinski definition) is 1. The lowest BCUT2D eigenvalue weighted by atomic mass is 9.52. The lowest BCUT2D eigenvalue weighted by Crippen LogP contribution is -2.45. The Balaban J connectivity index is 1.75. The van der Waals surface area contributed by atoms with Gasteiger partial charge in [0.15, 0.2) is 5.78 Å². The number of Topliss-reactive ketones (excluding diaryl/α,β-unsaturated/α-hetero) is 2. The van der Waals surface area contributed by atoms with Crippen LogP contribution in [0.5, 0.6) is 0 Å². The van der Waals surface area contributed by atoms with Crippen molar-refractivity contribution >= 4 is 11.6 Å². The molecular formula is C20H26O3. The third kappa shape index (κ3) is 2.12. The predicted octanol–water partition coefficient (Wildman–Crippen LogP) is 3.37. The summed E-state index contributed by atoms with van der Waals surface area (Å²) in [6, 6.07) is 0. The molecule has 0 heterocycles. The number of ketones is 2. The Labute approximate surface area is 137 Å². The minimum absolute atomic E-state index is 0.0602. The zero-order valence-corrected chi connectivity index (χ0v) is 14.1. The fourth-order valence-corrected chi connectivity index (χ4v) is 5.86. The summed E-state index contributed by atoms with van der Waals surface area (Å²) in [5, 5.41) is 10.0. The monoisotopic (exact) mass is 314 g/mol. The minimum Gasteiger partial charge on any atom is -0.393 e. The molecule has 4 aliphatic rings. The van der Waals surface area contributed by atoms with Gasteiger partial charge in [-0.05, 0) is 62.7 Å². The number of carbonyl (C=O) groups is 2. The second kappa shape index (κ2) is 5.14. The number of allylic oxidation sites excluding steroid dienone is 3. The molecule has 0 aliphatic heterocycles. The largest absolute Gasteiger partial charge is 0.393 e. The molecule has 124 valence electrons. The third-order valence-electron chi connectivity index (χ3n) is 7.15. The van der Waals surface area contributed by atoms with Crippen LogP contribution in [0.25, 0.3) is 0 Å². The fraction of sp³-hybridized carbons (Fsp3) is 0.700. The number of fused-ring (bicyclic) bond motifs is 4. The van der Waals surface area contributed by atoms with E-state index in [1.165, 1.54) is 11.1 Å². The first-order chi connectivity index (χ1) is 10.9. The summed E-state index contributed by atoms with van der Waals surface area (Å²) < 4.78 is 0. The maximum atomic E-state index is 12.8. The van der Waals surface area contributed by atoms with Crippen molar-refractivity contribution in [3.63, 3.8) is 0 Å². The van der Waals surface area contributed by atoms with E-state index in [2.05, 4.69) is 13.0 Å². The maximum absolute atomic E-state index is 12.8. The van der Waals surface area contributed by atoms with Gasteiger partial charge in [0.2, 0.25) is 0 Å². The summed E-state index contributed by atoms with van der Waals surface area (Å²) in [4.78, 5) is 24.8. The molecule has 3 heteroatoms. The normalized spacial score (nSPS) is 42.7. The van der Waals surface area contributed by atoms with Crippen molar-refractivity contribution in [3.8, 4) is 0 Å². The summed E-state index contributed by atoms with van der Waals surface area (Å²) in [7, 11) is 0. The van der Waals surface area contributed by atoms with E-state index in [0.717, 1.165) is 44.1 Å². The maximum Gasteiger partial charge on any atom is 0.159 e. The summed E-state index contributed by atoms with van der Waals surface area (Å²) in [5.41, 5.74) is 3.62. The predicted molar refractivity (Wildman–Crippen MR) is 87.7 cm³/mol. The highest BCUT2D eigenvalue weighted by Crippen LogP contribution is 2.59.